The Kier molecular flexibility index (Phi) is 6.02. The van der Waals surface area contributed by atoms with Crippen LogP contribution in [0.4, 0.5) is 0 Å². The van der Waals surface area contributed by atoms with E-state index in [0.717, 1.165) is 12.8 Å². The molecule has 1 aromatic carbocycles. The van der Waals surface area contributed by atoms with Gasteiger partial charge in [-0.2, -0.15) is 0 Å². The number of carbonyl (C=O) groups excluding carboxylic acids is 2. The summed E-state index contributed by atoms with van der Waals surface area (Å²) in [5.41, 5.74) is 0.322. The van der Waals surface area contributed by atoms with Crippen molar-refractivity contribution < 1.29 is 19.1 Å². The lowest BCUT2D eigenvalue weighted by Gasteiger charge is -2.34. The van der Waals surface area contributed by atoms with Gasteiger partial charge in [-0.15, -0.1) is 0 Å². The lowest BCUT2D eigenvalue weighted by molar-refractivity contribution is -0.125. The summed E-state index contributed by atoms with van der Waals surface area (Å²) in [7, 11) is 1.49. The summed E-state index contributed by atoms with van der Waals surface area (Å²) in [5.74, 6) is 0.678. The summed E-state index contributed by atoms with van der Waals surface area (Å²) in [5, 5.41) is 2.99. The van der Waals surface area contributed by atoms with Crippen LogP contribution in [-0.4, -0.2) is 31.6 Å². The Morgan fingerprint density at radius 1 is 1.22 bits per heavy atom. The minimum Gasteiger partial charge on any atom is -0.496 e. The van der Waals surface area contributed by atoms with E-state index in [1.54, 1.807) is 24.3 Å². The number of nitrogens with one attached hydrogen (secondary N) is 1. The topological polar surface area (TPSA) is 64.6 Å². The second kappa shape index (κ2) is 7.99. The zero-order valence-corrected chi connectivity index (χ0v) is 14.0. The largest absolute Gasteiger partial charge is 0.496 e. The Morgan fingerprint density at radius 2 is 1.96 bits per heavy atom. The van der Waals surface area contributed by atoms with Gasteiger partial charge in [0.2, 0.25) is 0 Å². The molecule has 0 aliphatic heterocycles. The minimum absolute atomic E-state index is 0.163. The van der Waals surface area contributed by atoms with Gasteiger partial charge in [0.05, 0.1) is 7.11 Å². The van der Waals surface area contributed by atoms with Gasteiger partial charge in [-0.3, -0.25) is 4.79 Å². The molecular formula is C18H25NO4. The molecule has 0 saturated heterocycles. The number of hydrogen-bond donors (Lipinski definition) is 1. The Morgan fingerprint density at radius 3 is 2.70 bits per heavy atom. The highest BCUT2D eigenvalue weighted by atomic mass is 16.5. The predicted octanol–water partition coefficient (Wildman–Crippen LogP) is 2.79. The number of methoxy groups -OCH3 is 1. The first-order chi connectivity index (χ1) is 11.0. The molecule has 126 valence electrons. The van der Waals surface area contributed by atoms with Crippen molar-refractivity contribution in [2.75, 3.05) is 13.7 Å². The van der Waals surface area contributed by atoms with Crippen molar-refractivity contribution in [3.8, 4) is 5.75 Å². The van der Waals surface area contributed by atoms with Gasteiger partial charge in [-0.1, -0.05) is 38.8 Å². The molecule has 0 spiro atoms. The third-order valence-corrected chi connectivity index (χ3v) is 4.71. The van der Waals surface area contributed by atoms with E-state index in [4.69, 9.17) is 9.47 Å². The molecule has 2 rings (SSSR count). The van der Waals surface area contributed by atoms with Gasteiger partial charge in [-0.25, -0.2) is 4.79 Å². The summed E-state index contributed by atoms with van der Waals surface area (Å²) < 4.78 is 10.2. The smallest absolute Gasteiger partial charge is 0.342 e. The Bertz CT molecular complexity index is 558. The van der Waals surface area contributed by atoms with Crippen molar-refractivity contribution in [2.24, 2.45) is 11.8 Å². The summed E-state index contributed by atoms with van der Waals surface area (Å²) >= 11 is 0. The van der Waals surface area contributed by atoms with E-state index in [2.05, 4.69) is 19.2 Å². The lowest BCUT2D eigenvalue weighted by atomic mass is 9.78. The molecule has 0 aromatic heterocycles. The maximum absolute atomic E-state index is 12.1. The van der Waals surface area contributed by atoms with Crippen LogP contribution in [0.15, 0.2) is 24.3 Å². The summed E-state index contributed by atoms with van der Waals surface area (Å²) in [6, 6.07) is 6.96. The molecule has 1 fully saturated rings. The predicted molar refractivity (Wildman–Crippen MR) is 87.4 cm³/mol. The first kappa shape index (κ1) is 17.3. The van der Waals surface area contributed by atoms with Gasteiger partial charge in [-0.05, 0) is 30.4 Å². The fourth-order valence-electron chi connectivity index (χ4n) is 3.06. The van der Waals surface area contributed by atoms with Crippen LogP contribution in [-0.2, 0) is 9.53 Å². The van der Waals surface area contributed by atoms with Gasteiger partial charge in [0.1, 0.15) is 11.3 Å². The zero-order valence-electron chi connectivity index (χ0n) is 14.0. The summed E-state index contributed by atoms with van der Waals surface area (Å²) in [6.45, 7) is 4.11. The van der Waals surface area contributed by atoms with Crippen molar-refractivity contribution in [3.63, 3.8) is 0 Å². The van der Waals surface area contributed by atoms with Gasteiger partial charge in [0, 0.05) is 6.04 Å². The van der Waals surface area contributed by atoms with Crippen LogP contribution in [0, 0.1) is 11.8 Å². The second-order valence-electron chi connectivity index (χ2n) is 6.22. The number of para-hydroxylation sites is 1. The van der Waals surface area contributed by atoms with Crippen molar-refractivity contribution in [1.82, 2.24) is 5.32 Å². The van der Waals surface area contributed by atoms with Crippen molar-refractivity contribution in [1.29, 1.82) is 0 Å². The van der Waals surface area contributed by atoms with Crippen molar-refractivity contribution >= 4 is 11.9 Å². The van der Waals surface area contributed by atoms with E-state index in [9.17, 15) is 9.59 Å². The van der Waals surface area contributed by atoms with E-state index >= 15 is 0 Å². The van der Waals surface area contributed by atoms with E-state index in [1.807, 2.05) is 0 Å². The van der Waals surface area contributed by atoms with Gasteiger partial charge in [0.15, 0.2) is 6.61 Å². The molecule has 1 aliphatic rings. The van der Waals surface area contributed by atoms with Crippen LogP contribution in [0.3, 0.4) is 0 Å². The molecule has 5 heteroatoms. The standard InChI is InChI=1S/C18H25NO4/c1-12-7-6-9-15(13(12)2)19-17(20)11-23-18(21)14-8-4-5-10-16(14)22-3/h4-5,8,10,12-13,15H,6-7,9,11H2,1-3H3,(H,19,20)/t12-,13+,15+/m0/s1. The van der Waals surface area contributed by atoms with E-state index in [1.165, 1.54) is 13.5 Å². The zero-order chi connectivity index (χ0) is 16.8. The third kappa shape index (κ3) is 4.47. The molecular weight excluding hydrogens is 294 g/mol. The summed E-state index contributed by atoms with van der Waals surface area (Å²) in [4.78, 5) is 24.1. The van der Waals surface area contributed by atoms with Gasteiger partial charge < -0.3 is 14.8 Å². The molecule has 23 heavy (non-hydrogen) atoms. The highest BCUT2D eigenvalue weighted by Crippen LogP contribution is 2.29. The quantitative estimate of drug-likeness (QED) is 0.848. The van der Waals surface area contributed by atoms with E-state index < -0.39 is 5.97 Å². The Hall–Kier alpha value is -2.04. The van der Waals surface area contributed by atoms with Crippen LogP contribution in [0.25, 0.3) is 0 Å². The number of rotatable bonds is 5. The number of ether oxygens (including phenoxy) is 2. The molecule has 0 heterocycles. The molecule has 5 nitrogen and oxygen atoms in total. The second-order valence-corrected chi connectivity index (χ2v) is 6.22. The Balaban J connectivity index is 1.85. The van der Waals surface area contributed by atoms with E-state index in [-0.39, 0.29) is 18.6 Å². The fraction of sp³-hybridized carbons (Fsp3) is 0.556. The van der Waals surface area contributed by atoms with Gasteiger partial charge >= 0.3 is 5.97 Å². The molecule has 1 amide bonds. The maximum Gasteiger partial charge on any atom is 0.342 e. The normalized spacial score (nSPS) is 23.9. The first-order valence-corrected chi connectivity index (χ1v) is 8.12. The third-order valence-electron chi connectivity index (χ3n) is 4.71. The molecule has 1 aromatic rings. The Labute approximate surface area is 137 Å². The van der Waals surface area contributed by atoms with Crippen LogP contribution in [0.2, 0.25) is 0 Å². The highest BCUT2D eigenvalue weighted by molar-refractivity contribution is 5.94. The molecule has 1 saturated carbocycles. The number of carbonyl (C=O) groups is 2. The molecule has 0 radical (unpaired) electrons. The molecule has 1 N–H and O–H groups in total. The summed E-state index contributed by atoms with van der Waals surface area (Å²) in [6.07, 6.45) is 3.31. The number of amides is 1. The average molecular weight is 319 g/mol. The highest BCUT2D eigenvalue weighted by Gasteiger charge is 2.28. The van der Waals surface area contributed by atoms with Crippen LogP contribution in [0.5, 0.6) is 5.75 Å². The average Bonchev–Trinajstić information content (AvgIpc) is 2.56. The van der Waals surface area contributed by atoms with E-state index in [0.29, 0.717) is 23.1 Å². The SMILES string of the molecule is COc1ccccc1C(=O)OCC(=O)N[C@@H]1CCC[C@H](C)[C@H]1C. The first-order valence-electron chi connectivity index (χ1n) is 8.12. The van der Waals surface area contributed by atoms with Crippen LogP contribution in [0.1, 0.15) is 43.5 Å². The molecule has 3 atom stereocenters. The monoisotopic (exact) mass is 319 g/mol. The molecule has 0 unspecified atom stereocenters. The lowest BCUT2D eigenvalue weighted by Crippen LogP contribution is -2.45. The fourth-order valence-corrected chi connectivity index (χ4v) is 3.06. The number of benzene rings is 1. The van der Waals surface area contributed by atoms with Crippen molar-refractivity contribution in [3.05, 3.63) is 29.8 Å². The number of hydrogen-bond acceptors (Lipinski definition) is 4. The van der Waals surface area contributed by atoms with Crippen molar-refractivity contribution in [2.45, 2.75) is 39.2 Å². The number of esters is 1. The minimum atomic E-state index is -0.553. The van der Waals surface area contributed by atoms with Crippen LogP contribution < -0.4 is 10.1 Å². The molecule has 0 bridgehead atoms. The maximum atomic E-state index is 12.1. The molecule has 1 aliphatic carbocycles. The van der Waals surface area contributed by atoms with Crippen LogP contribution >= 0.6 is 0 Å². The van der Waals surface area contributed by atoms with Gasteiger partial charge in [0.25, 0.3) is 5.91 Å².